The van der Waals surface area contributed by atoms with Gasteiger partial charge in [-0.25, -0.2) is 4.98 Å². The Labute approximate surface area is 101 Å². The van der Waals surface area contributed by atoms with Gasteiger partial charge in [0.2, 0.25) is 0 Å². The van der Waals surface area contributed by atoms with Crippen LogP contribution in [0.3, 0.4) is 0 Å². The third kappa shape index (κ3) is 3.61. The van der Waals surface area contributed by atoms with E-state index in [0.717, 1.165) is 25.1 Å². The van der Waals surface area contributed by atoms with Crippen LogP contribution in [0.1, 0.15) is 26.0 Å². The molecule has 0 radical (unpaired) electrons. The number of nitrogens with one attached hydrogen (secondary N) is 1. The van der Waals surface area contributed by atoms with E-state index in [-0.39, 0.29) is 0 Å². The van der Waals surface area contributed by atoms with Crippen LogP contribution < -0.4 is 10.1 Å². The Morgan fingerprint density at radius 3 is 2.81 bits per heavy atom. The Bertz CT molecular complexity index is 333. The summed E-state index contributed by atoms with van der Waals surface area (Å²) in [4.78, 5) is 8.21. The molecule has 0 aliphatic heterocycles. The lowest BCUT2D eigenvalue weighted by atomic mass is 10.1. The van der Waals surface area contributed by atoms with Crippen molar-refractivity contribution in [3.8, 4) is 6.01 Å². The van der Waals surface area contributed by atoms with E-state index in [9.17, 15) is 0 Å². The molecule has 1 aromatic rings. The zero-order chi connectivity index (χ0) is 12.0. The van der Waals surface area contributed by atoms with Crippen molar-refractivity contribution >= 4 is 11.6 Å². The standard InChI is InChI=1S/C11H18ClN3O/c1-4-8(13-5-2)6-10-9(12)7-14-11(15-10)16-3/h7-8,13H,4-6H2,1-3H3. The van der Waals surface area contributed by atoms with Crippen molar-refractivity contribution in [2.24, 2.45) is 0 Å². The van der Waals surface area contributed by atoms with E-state index in [2.05, 4.69) is 29.1 Å². The summed E-state index contributed by atoms with van der Waals surface area (Å²) < 4.78 is 4.98. The fraction of sp³-hybridized carbons (Fsp3) is 0.636. The number of likely N-dealkylation sites (N-methyl/N-ethyl adjacent to an activating group) is 1. The van der Waals surface area contributed by atoms with Crippen molar-refractivity contribution in [1.82, 2.24) is 15.3 Å². The van der Waals surface area contributed by atoms with Crippen LogP contribution in [0.15, 0.2) is 6.20 Å². The number of rotatable bonds is 6. The fourth-order valence-electron chi connectivity index (χ4n) is 1.51. The summed E-state index contributed by atoms with van der Waals surface area (Å²) in [7, 11) is 1.55. The second-order valence-corrected chi connectivity index (χ2v) is 3.93. The van der Waals surface area contributed by atoms with Gasteiger partial charge in [-0.05, 0) is 13.0 Å². The molecule has 0 fully saturated rings. The summed E-state index contributed by atoms with van der Waals surface area (Å²) in [5.41, 5.74) is 0.835. The van der Waals surface area contributed by atoms with Crippen molar-refractivity contribution < 1.29 is 4.74 Å². The number of hydrogen-bond acceptors (Lipinski definition) is 4. The van der Waals surface area contributed by atoms with E-state index >= 15 is 0 Å². The van der Waals surface area contributed by atoms with Crippen molar-refractivity contribution in [1.29, 1.82) is 0 Å². The monoisotopic (exact) mass is 243 g/mol. The molecule has 0 spiro atoms. The predicted octanol–water partition coefficient (Wildman–Crippen LogP) is 2.07. The molecule has 4 nitrogen and oxygen atoms in total. The molecule has 1 aromatic heterocycles. The van der Waals surface area contributed by atoms with Crippen molar-refractivity contribution in [2.75, 3.05) is 13.7 Å². The molecule has 1 unspecified atom stereocenters. The summed E-state index contributed by atoms with van der Waals surface area (Å²) in [6.45, 7) is 5.17. The number of aromatic nitrogens is 2. The molecule has 1 rings (SSSR count). The first-order valence-corrected chi connectivity index (χ1v) is 5.87. The third-order valence-electron chi connectivity index (χ3n) is 2.40. The minimum atomic E-state index is 0.366. The topological polar surface area (TPSA) is 47.0 Å². The Balaban J connectivity index is 2.77. The minimum Gasteiger partial charge on any atom is -0.467 e. The number of methoxy groups -OCH3 is 1. The maximum absolute atomic E-state index is 6.05. The Morgan fingerprint density at radius 2 is 2.25 bits per heavy atom. The number of nitrogens with zero attached hydrogens (tertiary/aromatic N) is 2. The highest BCUT2D eigenvalue weighted by Gasteiger charge is 2.11. The zero-order valence-corrected chi connectivity index (χ0v) is 10.7. The highest BCUT2D eigenvalue weighted by molar-refractivity contribution is 6.31. The molecule has 1 heterocycles. The number of hydrogen-bond donors (Lipinski definition) is 1. The average molecular weight is 244 g/mol. The molecule has 5 heteroatoms. The summed E-state index contributed by atoms with van der Waals surface area (Å²) in [6.07, 6.45) is 3.42. The molecule has 1 N–H and O–H groups in total. The molecule has 0 saturated carbocycles. The van der Waals surface area contributed by atoms with E-state index in [0.29, 0.717) is 17.1 Å². The van der Waals surface area contributed by atoms with Crippen LogP contribution in [-0.2, 0) is 6.42 Å². The largest absolute Gasteiger partial charge is 0.467 e. The molecule has 0 amide bonds. The van der Waals surface area contributed by atoms with Gasteiger partial charge in [-0.1, -0.05) is 25.4 Å². The second-order valence-electron chi connectivity index (χ2n) is 3.52. The first-order valence-electron chi connectivity index (χ1n) is 5.50. The van der Waals surface area contributed by atoms with Crippen LogP contribution in [0.5, 0.6) is 6.01 Å². The third-order valence-corrected chi connectivity index (χ3v) is 2.72. The fourth-order valence-corrected chi connectivity index (χ4v) is 1.68. The van der Waals surface area contributed by atoms with E-state index in [1.807, 2.05) is 0 Å². The number of ether oxygens (including phenoxy) is 1. The van der Waals surface area contributed by atoms with E-state index < -0.39 is 0 Å². The average Bonchev–Trinajstić information content (AvgIpc) is 2.31. The van der Waals surface area contributed by atoms with Gasteiger partial charge in [0.1, 0.15) is 0 Å². The quantitative estimate of drug-likeness (QED) is 0.831. The van der Waals surface area contributed by atoms with Crippen LogP contribution in [0.2, 0.25) is 5.02 Å². The lowest BCUT2D eigenvalue weighted by Gasteiger charge is -2.15. The minimum absolute atomic E-state index is 0.366. The smallest absolute Gasteiger partial charge is 0.316 e. The molecule has 1 atom stereocenters. The van der Waals surface area contributed by atoms with Gasteiger partial charge < -0.3 is 10.1 Å². The predicted molar refractivity (Wildman–Crippen MR) is 65.1 cm³/mol. The van der Waals surface area contributed by atoms with Gasteiger partial charge in [-0.2, -0.15) is 4.98 Å². The highest BCUT2D eigenvalue weighted by atomic mass is 35.5. The molecule has 0 bridgehead atoms. The van der Waals surface area contributed by atoms with Crippen LogP contribution in [0.25, 0.3) is 0 Å². The van der Waals surface area contributed by atoms with Gasteiger partial charge in [0, 0.05) is 12.5 Å². The van der Waals surface area contributed by atoms with Crippen molar-refractivity contribution in [3.63, 3.8) is 0 Å². The Kier molecular flexibility index (Phi) is 5.49. The molecular formula is C11H18ClN3O. The highest BCUT2D eigenvalue weighted by Crippen LogP contribution is 2.17. The van der Waals surface area contributed by atoms with Gasteiger partial charge in [-0.3, -0.25) is 0 Å². The van der Waals surface area contributed by atoms with Crippen LogP contribution in [0.4, 0.5) is 0 Å². The van der Waals surface area contributed by atoms with Crippen LogP contribution >= 0.6 is 11.6 Å². The van der Waals surface area contributed by atoms with Gasteiger partial charge in [0.25, 0.3) is 0 Å². The van der Waals surface area contributed by atoms with E-state index in [1.165, 1.54) is 0 Å². The van der Waals surface area contributed by atoms with Crippen LogP contribution in [-0.4, -0.2) is 29.7 Å². The SMILES string of the molecule is CCNC(CC)Cc1nc(OC)ncc1Cl. The van der Waals surface area contributed by atoms with E-state index in [1.54, 1.807) is 13.3 Å². The summed E-state index contributed by atoms with van der Waals surface area (Å²) in [5, 5.41) is 3.98. The molecule has 0 aliphatic carbocycles. The summed E-state index contributed by atoms with van der Waals surface area (Å²) >= 11 is 6.05. The lowest BCUT2D eigenvalue weighted by molar-refractivity contribution is 0.376. The maximum atomic E-state index is 6.05. The normalized spacial score (nSPS) is 12.5. The van der Waals surface area contributed by atoms with Crippen molar-refractivity contribution in [3.05, 3.63) is 16.9 Å². The molecule has 0 aromatic carbocycles. The maximum Gasteiger partial charge on any atom is 0.316 e. The first-order chi connectivity index (χ1) is 7.71. The van der Waals surface area contributed by atoms with Crippen molar-refractivity contribution in [2.45, 2.75) is 32.7 Å². The molecule has 0 saturated heterocycles. The van der Waals surface area contributed by atoms with E-state index in [4.69, 9.17) is 16.3 Å². The number of halogens is 1. The summed E-state index contributed by atoms with van der Waals surface area (Å²) in [6, 6.07) is 0.757. The Morgan fingerprint density at radius 1 is 1.50 bits per heavy atom. The van der Waals surface area contributed by atoms with Gasteiger partial charge in [0.05, 0.1) is 24.0 Å². The molecular weight excluding hydrogens is 226 g/mol. The van der Waals surface area contributed by atoms with Gasteiger partial charge >= 0.3 is 6.01 Å². The zero-order valence-electron chi connectivity index (χ0n) is 9.96. The first kappa shape index (κ1) is 13.2. The van der Waals surface area contributed by atoms with Gasteiger partial charge in [0.15, 0.2) is 0 Å². The summed E-state index contributed by atoms with van der Waals surface area (Å²) in [5.74, 6) is 0. The lowest BCUT2D eigenvalue weighted by Crippen LogP contribution is -2.30. The molecule has 16 heavy (non-hydrogen) atoms. The van der Waals surface area contributed by atoms with Gasteiger partial charge in [-0.15, -0.1) is 0 Å². The second kappa shape index (κ2) is 6.66. The van der Waals surface area contributed by atoms with Crippen LogP contribution in [0, 0.1) is 0 Å². The molecule has 0 aliphatic rings. The Hall–Kier alpha value is -0.870. The molecule has 90 valence electrons.